The second kappa shape index (κ2) is 10.6. The molecule has 1 aromatic carbocycles. The zero-order valence-electron chi connectivity index (χ0n) is 23.9. The molecule has 2 saturated carbocycles. The third-order valence-corrected chi connectivity index (χ3v) is 10.9. The molecule has 4 heterocycles. The molecule has 8 unspecified atom stereocenters. The van der Waals surface area contributed by atoms with E-state index in [2.05, 4.69) is 68.6 Å². The van der Waals surface area contributed by atoms with Crippen LogP contribution in [0.15, 0.2) is 18.2 Å². The Kier molecular flexibility index (Phi) is 7.25. The fourth-order valence-electron chi connectivity index (χ4n) is 7.85. The van der Waals surface area contributed by atoms with E-state index in [1.165, 1.54) is 55.5 Å². The minimum atomic E-state index is -0.954. The van der Waals surface area contributed by atoms with Crippen molar-refractivity contribution in [2.24, 2.45) is 11.7 Å². The molecule has 5 fully saturated rings. The Morgan fingerprint density at radius 3 is 2.65 bits per heavy atom. The molecule has 11 nitrogen and oxygen atoms in total. The average Bonchev–Trinajstić information content (AvgIpc) is 3.58. The molecule has 0 radical (unpaired) electrons. The van der Waals surface area contributed by atoms with Gasteiger partial charge in [0, 0.05) is 19.3 Å². The van der Waals surface area contributed by atoms with Crippen LogP contribution in [0.2, 0.25) is 0 Å². The fraction of sp³-hybridized carbons (Fsp3) is 0.793. The molecule has 4 aliphatic heterocycles. The number of aliphatic hydroxyl groups excluding tert-OH is 2. The molecule has 0 aromatic heterocycles. The van der Waals surface area contributed by atoms with Gasteiger partial charge in [-0.05, 0) is 74.6 Å². The SMILES string of the molecule is CN(CC1OC(N2CNC3C(N)NCNC32)C(O)C1O)C1CC(CCC2Nc3ccc(C4(C)CCC4)cc3N2)C1. The number of nitrogens with two attached hydrogens (primary N) is 1. The Bertz CT molecular complexity index is 1070. The van der Waals surface area contributed by atoms with Gasteiger partial charge in [-0.1, -0.05) is 19.4 Å². The van der Waals surface area contributed by atoms with Gasteiger partial charge in [0.15, 0.2) is 0 Å². The summed E-state index contributed by atoms with van der Waals surface area (Å²) in [4.78, 5) is 4.37. The number of hydrogen-bond acceptors (Lipinski definition) is 11. The molecule has 6 aliphatic rings. The maximum Gasteiger partial charge on any atom is 0.142 e. The number of ether oxygens (including phenoxy) is 1. The standard InChI is InChI=1S/C29H48N8O3/c1-29(8-3-9-29)17-5-6-19-20(12-17)35-22(34-19)7-4-16-10-18(11-16)36(2)13-21-24(38)25(39)28(40-21)37-15-33-23-26(30)31-14-32-27(23)37/h5-6,12,16,18,21-28,31-35,38-39H,3-4,7-11,13-15,30H2,1-2H3. The Balaban J connectivity index is 0.854. The predicted molar refractivity (Wildman–Crippen MR) is 154 cm³/mol. The molecule has 8 atom stereocenters. The van der Waals surface area contributed by atoms with Crippen LogP contribution in [0.4, 0.5) is 11.4 Å². The van der Waals surface area contributed by atoms with E-state index in [0.717, 1.165) is 12.3 Å². The number of likely N-dealkylation sites (N-methyl/N-ethyl adjacent to an activating group) is 1. The molecule has 0 bridgehead atoms. The van der Waals surface area contributed by atoms with Gasteiger partial charge in [-0.25, -0.2) is 4.90 Å². The summed E-state index contributed by atoms with van der Waals surface area (Å²) in [6.07, 6.45) is 5.84. The maximum absolute atomic E-state index is 10.9. The zero-order valence-corrected chi connectivity index (χ0v) is 23.9. The van der Waals surface area contributed by atoms with Gasteiger partial charge in [-0.3, -0.25) is 16.0 Å². The Hall–Kier alpha value is -1.54. The molecule has 0 amide bonds. The van der Waals surface area contributed by atoms with E-state index >= 15 is 0 Å². The van der Waals surface area contributed by atoms with Crippen molar-refractivity contribution in [1.29, 1.82) is 0 Å². The first-order valence-electron chi connectivity index (χ1n) is 15.4. The third-order valence-electron chi connectivity index (χ3n) is 10.9. The van der Waals surface area contributed by atoms with Crippen LogP contribution in [0.25, 0.3) is 0 Å². The number of rotatable bonds is 8. The molecule has 11 heteroatoms. The van der Waals surface area contributed by atoms with E-state index in [4.69, 9.17) is 10.5 Å². The first-order valence-corrected chi connectivity index (χ1v) is 15.4. The van der Waals surface area contributed by atoms with Gasteiger partial charge in [0.1, 0.15) is 24.5 Å². The van der Waals surface area contributed by atoms with E-state index < -0.39 is 24.5 Å². The van der Waals surface area contributed by atoms with E-state index in [-0.39, 0.29) is 18.4 Å². The van der Waals surface area contributed by atoms with Crippen LogP contribution < -0.4 is 32.3 Å². The van der Waals surface area contributed by atoms with Crippen LogP contribution in [-0.2, 0) is 10.2 Å². The van der Waals surface area contributed by atoms with Gasteiger partial charge >= 0.3 is 0 Å². The Morgan fingerprint density at radius 2 is 1.88 bits per heavy atom. The summed E-state index contributed by atoms with van der Waals surface area (Å²) < 4.78 is 6.28. The van der Waals surface area contributed by atoms with E-state index in [1.54, 1.807) is 0 Å². The second-order valence-corrected chi connectivity index (χ2v) is 13.5. The monoisotopic (exact) mass is 556 g/mol. The van der Waals surface area contributed by atoms with Crippen molar-refractivity contribution < 1.29 is 14.9 Å². The van der Waals surface area contributed by atoms with Crippen LogP contribution >= 0.6 is 0 Å². The van der Waals surface area contributed by atoms with Crippen LogP contribution in [-0.4, -0.2) is 102 Å². The smallest absolute Gasteiger partial charge is 0.142 e. The number of benzene rings is 1. The quantitative estimate of drug-likeness (QED) is 0.223. The lowest BCUT2D eigenvalue weighted by molar-refractivity contribution is -0.108. The van der Waals surface area contributed by atoms with Gasteiger partial charge in [0.05, 0.1) is 42.6 Å². The molecule has 2 aliphatic carbocycles. The highest BCUT2D eigenvalue weighted by Gasteiger charge is 2.52. The Labute approximate surface area is 237 Å². The van der Waals surface area contributed by atoms with Gasteiger partial charge in [-0.15, -0.1) is 0 Å². The van der Waals surface area contributed by atoms with Gasteiger partial charge in [0.2, 0.25) is 0 Å². The van der Waals surface area contributed by atoms with E-state index in [1.807, 2.05) is 0 Å². The van der Waals surface area contributed by atoms with Crippen molar-refractivity contribution in [3.63, 3.8) is 0 Å². The summed E-state index contributed by atoms with van der Waals surface area (Å²) in [7, 11) is 2.12. The Morgan fingerprint density at radius 1 is 1.07 bits per heavy atom. The maximum atomic E-state index is 10.9. The summed E-state index contributed by atoms with van der Waals surface area (Å²) in [6.45, 7) is 4.15. The van der Waals surface area contributed by atoms with Gasteiger partial charge < -0.3 is 36.2 Å². The molecule has 0 spiro atoms. The lowest BCUT2D eigenvalue weighted by Gasteiger charge is -2.42. The van der Waals surface area contributed by atoms with Crippen LogP contribution in [0.3, 0.4) is 0 Å². The highest BCUT2D eigenvalue weighted by atomic mass is 16.6. The molecule has 40 heavy (non-hydrogen) atoms. The van der Waals surface area contributed by atoms with Crippen molar-refractivity contribution in [2.75, 3.05) is 37.6 Å². The zero-order chi connectivity index (χ0) is 27.6. The van der Waals surface area contributed by atoms with Crippen LogP contribution in [0, 0.1) is 5.92 Å². The molecule has 7 rings (SSSR count). The normalized spacial score (nSPS) is 42.0. The summed E-state index contributed by atoms with van der Waals surface area (Å²) in [5.41, 5.74) is 10.5. The van der Waals surface area contributed by atoms with Crippen molar-refractivity contribution in [1.82, 2.24) is 25.8 Å². The lowest BCUT2D eigenvalue weighted by Crippen LogP contribution is -2.68. The van der Waals surface area contributed by atoms with Crippen molar-refractivity contribution in [3.8, 4) is 0 Å². The van der Waals surface area contributed by atoms with E-state index in [9.17, 15) is 10.2 Å². The number of aliphatic hydroxyl groups is 2. The topological polar surface area (TPSA) is 142 Å². The highest BCUT2D eigenvalue weighted by Crippen LogP contribution is 2.46. The number of hydrogen-bond donors (Lipinski definition) is 8. The summed E-state index contributed by atoms with van der Waals surface area (Å²) in [5, 5.41) is 39.1. The number of anilines is 2. The molecule has 222 valence electrons. The second-order valence-electron chi connectivity index (χ2n) is 13.5. The predicted octanol–water partition coefficient (Wildman–Crippen LogP) is 0.222. The molecular weight excluding hydrogens is 508 g/mol. The van der Waals surface area contributed by atoms with Crippen LogP contribution in [0.5, 0.6) is 0 Å². The molecular formula is C29H48N8O3. The van der Waals surface area contributed by atoms with Gasteiger partial charge in [0.25, 0.3) is 0 Å². The fourth-order valence-corrected chi connectivity index (χ4v) is 7.85. The third kappa shape index (κ3) is 4.83. The minimum Gasteiger partial charge on any atom is -0.387 e. The number of nitrogens with one attached hydrogen (secondary N) is 5. The van der Waals surface area contributed by atoms with Crippen molar-refractivity contribution in [3.05, 3.63) is 23.8 Å². The largest absolute Gasteiger partial charge is 0.387 e. The number of fused-ring (bicyclic) bond motifs is 2. The van der Waals surface area contributed by atoms with Crippen LogP contribution in [0.1, 0.15) is 57.4 Å². The summed E-state index contributed by atoms with van der Waals surface area (Å²) >= 11 is 0. The number of nitrogens with zero attached hydrogens (tertiary/aromatic N) is 2. The highest BCUT2D eigenvalue weighted by molar-refractivity contribution is 5.75. The molecule has 1 aromatic rings. The van der Waals surface area contributed by atoms with Crippen molar-refractivity contribution >= 4 is 11.4 Å². The average molecular weight is 557 g/mol. The van der Waals surface area contributed by atoms with Gasteiger partial charge in [-0.2, -0.15) is 0 Å². The molecule has 9 N–H and O–H groups in total. The summed E-state index contributed by atoms with van der Waals surface area (Å²) in [6, 6.07) is 7.45. The van der Waals surface area contributed by atoms with E-state index in [0.29, 0.717) is 37.5 Å². The first kappa shape index (κ1) is 27.3. The lowest BCUT2D eigenvalue weighted by atomic mass is 9.66. The summed E-state index contributed by atoms with van der Waals surface area (Å²) in [5.74, 6) is 0.722. The molecule has 3 saturated heterocycles. The first-order chi connectivity index (χ1) is 19.3. The minimum absolute atomic E-state index is 0.0207. The van der Waals surface area contributed by atoms with Crippen molar-refractivity contribution in [2.45, 2.75) is 112 Å².